The minimum absolute atomic E-state index is 0.757. The lowest BCUT2D eigenvalue weighted by Gasteiger charge is -1.88. The highest BCUT2D eigenvalue weighted by Gasteiger charge is 1.93. The Kier molecular flexibility index (Phi) is 2.01. The fraction of sp³-hybridized carbons (Fsp3) is 0. The van der Waals surface area contributed by atoms with Crippen molar-refractivity contribution in [1.82, 2.24) is 0 Å². The van der Waals surface area contributed by atoms with Crippen molar-refractivity contribution in [3.63, 3.8) is 0 Å². The summed E-state index contributed by atoms with van der Waals surface area (Å²) in [5, 5.41) is 0.757. The van der Waals surface area contributed by atoms with Crippen molar-refractivity contribution in [1.29, 1.82) is 0 Å². The highest BCUT2D eigenvalue weighted by atomic mass is 35.5. The van der Waals surface area contributed by atoms with Crippen molar-refractivity contribution in [2.24, 2.45) is 0 Å². The van der Waals surface area contributed by atoms with Crippen molar-refractivity contribution >= 4 is 11.6 Å². The lowest BCUT2D eigenvalue weighted by atomic mass is 10.2. The maximum absolute atomic E-state index is 5.68. The summed E-state index contributed by atoms with van der Waals surface area (Å²) in [6, 6.07) is 7.57. The summed E-state index contributed by atoms with van der Waals surface area (Å²) in [5.74, 6) is 0. The van der Waals surface area contributed by atoms with Crippen molar-refractivity contribution in [2.45, 2.75) is 0 Å². The van der Waals surface area contributed by atoms with Gasteiger partial charge in [0.15, 0.2) is 0 Å². The molecule has 0 nitrogen and oxygen atoms in total. The first-order valence-electron chi connectivity index (χ1n) is 2.71. The maximum atomic E-state index is 5.68. The molecule has 1 rings (SSSR count). The van der Waals surface area contributed by atoms with Gasteiger partial charge in [-0.15, -0.1) is 6.42 Å². The molecule has 0 atom stereocenters. The molecule has 0 radical (unpaired) electrons. The molecule has 0 bridgehead atoms. The van der Waals surface area contributed by atoms with E-state index in [9.17, 15) is 0 Å². The van der Waals surface area contributed by atoms with E-state index in [1.807, 2.05) is 24.3 Å². The topological polar surface area (TPSA) is 0 Å². The third kappa shape index (κ3) is 1.65. The molecule has 1 aromatic rings. The molecular formula is C8H7Cl. The SMILES string of the molecule is [CH2-][CH+]c1cccc(Cl)c1. The zero-order chi connectivity index (χ0) is 6.69. The summed E-state index contributed by atoms with van der Waals surface area (Å²) in [6.07, 6.45) is 1.77. The van der Waals surface area contributed by atoms with E-state index in [4.69, 9.17) is 11.6 Å². The van der Waals surface area contributed by atoms with Gasteiger partial charge in [-0.25, -0.2) is 0 Å². The second kappa shape index (κ2) is 2.79. The second-order valence-electron chi connectivity index (χ2n) is 1.76. The van der Waals surface area contributed by atoms with Crippen LogP contribution in [-0.2, 0) is 0 Å². The fourth-order valence-electron chi connectivity index (χ4n) is 0.634. The average molecular weight is 139 g/mol. The monoisotopic (exact) mass is 138 g/mol. The molecule has 0 saturated carbocycles. The summed E-state index contributed by atoms with van der Waals surface area (Å²) in [6.45, 7) is 3.61. The van der Waals surface area contributed by atoms with E-state index in [1.54, 1.807) is 6.42 Å². The molecule has 9 heavy (non-hydrogen) atoms. The minimum atomic E-state index is 0.757. The van der Waals surface area contributed by atoms with Crippen molar-refractivity contribution in [2.75, 3.05) is 0 Å². The van der Waals surface area contributed by atoms with Gasteiger partial charge in [0.05, 0.1) is 16.7 Å². The molecule has 0 fully saturated rings. The predicted molar refractivity (Wildman–Crippen MR) is 40.2 cm³/mol. The van der Waals surface area contributed by atoms with Crippen LogP contribution in [0.4, 0.5) is 0 Å². The van der Waals surface area contributed by atoms with Crippen molar-refractivity contribution in [3.8, 4) is 0 Å². The van der Waals surface area contributed by atoms with Crippen LogP contribution in [0, 0.1) is 13.3 Å². The third-order valence-corrected chi connectivity index (χ3v) is 1.32. The van der Waals surface area contributed by atoms with E-state index in [0.717, 1.165) is 10.6 Å². The molecular weight excluding hydrogens is 132 g/mol. The van der Waals surface area contributed by atoms with E-state index in [0.29, 0.717) is 0 Å². The van der Waals surface area contributed by atoms with E-state index in [-0.39, 0.29) is 0 Å². The quantitative estimate of drug-likeness (QED) is 0.524. The van der Waals surface area contributed by atoms with Gasteiger partial charge in [-0.2, -0.15) is 0 Å². The fourth-order valence-corrected chi connectivity index (χ4v) is 0.832. The summed E-state index contributed by atoms with van der Waals surface area (Å²) in [7, 11) is 0. The van der Waals surface area contributed by atoms with Crippen LogP contribution in [0.25, 0.3) is 0 Å². The minimum Gasteiger partial charge on any atom is -0.260 e. The van der Waals surface area contributed by atoms with Crippen LogP contribution in [0.1, 0.15) is 5.56 Å². The first-order valence-corrected chi connectivity index (χ1v) is 3.09. The third-order valence-electron chi connectivity index (χ3n) is 1.08. The van der Waals surface area contributed by atoms with Crippen LogP contribution in [0.5, 0.6) is 0 Å². The molecule has 0 aliphatic rings. The summed E-state index contributed by atoms with van der Waals surface area (Å²) in [5.41, 5.74) is 1.06. The Morgan fingerprint density at radius 1 is 1.44 bits per heavy atom. The molecule has 1 aromatic carbocycles. The van der Waals surface area contributed by atoms with Crippen LogP contribution in [0.2, 0.25) is 5.02 Å². The van der Waals surface area contributed by atoms with E-state index in [1.165, 1.54) is 0 Å². The molecule has 1 heteroatoms. The van der Waals surface area contributed by atoms with Gasteiger partial charge >= 0.3 is 0 Å². The lowest BCUT2D eigenvalue weighted by Crippen LogP contribution is -1.73. The van der Waals surface area contributed by atoms with E-state index >= 15 is 0 Å². The Balaban J connectivity index is 2.94. The van der Waals surface area contributed by atoms with Crippen LogP contribution in [0.3, 0.4) is 0 Å². The highest BCUT2D eigenvalue weighted by molar-refractivity contribution is 6.30. The number of rotatable bonds is 1. The van der Waals surface area contributed by atoms with Gasteiger partial charge in [-0.1, -0.05) is 11.6 Å². The van der Waals surface area contributed by atoms with Gasteiger partial charge in [0, 0.05) is 6.07 Å². The Hall–Kier alpha value is -0.620. The Morgan fingerprint density at radius 2 is 2.22 bits per heavy atom. The van der Waals surface area contributed by atoms with E-state index < -0.39 is 0 Å². The van der Waals surface area contributed by atoms with Gasteiger partial charge < -0.3 is 0 Å². The van der Waals surface area contributed by atoms with Crippen molar-refractivity contribution in [3.05, 3.63) is 48.2 Å². The number of benzene rings is 1. The standard InChI is InChI=1S/C8H7Cl/c1-2-7-4-3-5-8(9)6-7/h2-6H,1H2. The Labute approximate surface area is 60.5 Å². The zero-order valence-electron chi connectivity index (χ0n) is 4.97. The molecule has 0 aliphatic carbocycles. The molecule has 0 amide bonds. The van der Waals surface area contributed by atoms with E-state index in [2.05, 4.69) is 6.92 Å². The molecule has 0 spiro atoms. The molecule has 46 valence electrons. The molecule has 0 unspecified atom stereocenters. The van der Waals surface area contributed by atoms with Crippen LogP contribution < -0.4 is 0 Å². The molecule has 0 saturated heterocycles. The van der Waals surface area contributed by atoms with Crippen LogP contribution >= 0.6 is 11.6 Å². The van der Waals surface area contributed by atoms with Gasteiger partial charge in [0.2, 0.25) is 0 Å². The second-order valence-corrected chi connectivity index (χ2v) is 2.20. The maximum Gasteiger partial charge on any atom is 0.0986 e. The van der Waals surface area contributed by atoms with Crippen molar-refractivity contribution < 1.29 is 0 Å². The summed E-state index contributed by atoms with van der Waals surface area (Å²) >= 11 is 5.68. The smallest absolute Gasteiger partial charge is 0.0986 e. The van der Waals surface area contributed by atoms with Gasteiger partial charge in [0.25, 0.3) is 0 Å². The highest BCUT2D eigenvalue weighted by Crippen LogP contribution is 2.10. The Bertz CT molecular complexity index is 194. The largest absolute Gasteiger partial charge is 0.260 e. The molecule has 0 aliphatic heterocycles. The first kappa shape index (κ1) is 6.50. The lowest BCUT2D eigenvalue weighted by molar-refractivity contribution is 1.53. The number of hydrogen-bond donors (Lipinski definition) is 0. The molecule has 0 aromatic heterocycles. The number of hydrogen-bond acceptors (Lipinski definition) is 0. The summed E-state index contributed by atoms with van der Waals surface area (Å²) in [4.78, 5) is 0. The molecule has 0 heterocycles. The zero-order valence-corrected chi connectivity index (χ0v) is 5.73. The number of halogens is 1. The van der Waals surface area contributed by atoms with Crippen LogP contribution in [-0.4, -0.2) is 0 Å². The molecule has 0 N–H and O–H groups in total. The van der Waals surface area contributed by atoms with Crippen LogP contribution in [0.15, 0.2) is 24.3 Å². The van der Waals surface area contributed by atoms with Gasteiger partial charge in [-0.3, -0.25) is 6.92 Å². The van der Waals surface area contributed by atoms with Gasteiger partial charge in [0.1, 0.15) is 0 Å². The van der Waals surface area contributed by atoms with Gasteiger partial charge in [-0.05, 0) is 12.1 Å². The predicted octanol–water partition coefficient (Wildman–Crippen LogP) is 2.73. The Morgan fingerprint density at radius 3 is 2.67 bits per heavy atom. The first-order chi connectivity index (χ1) is 4.33. The summed E-state index contributed by atoms with van der Waals surface area (Å²) < 4.78 is 0. The average Bonchev–Trinajstić information content (AvgIpc) is 1.88. The normalized spacial score (nSPS) is 9.11.